The first kappa shape index (κ1) is 17.9. The van der Waals surface area contributed by atoms with Gasteiger partial charge in [-0.3, -0.25) is 9.69 Å². The first-order valence-corrected chi connectivity index (χ1v) is 10.1. The molecule has 0 radical (unpaired) electrons. The van der Waals surface area contributed by atoms with Crippen LogP contribution in [0.2, 0.25) is 0 Å². The van der Waals surface area contributed by atoms with Crippen molar-refractivity contribution in [2.24, 2.45) is 0 Å². The Labute approximate surface area is 169 Å². The van der Waals surface area contributed by atoms with Gasteiger partial charge >= 0.3 is 0 Å². The highest BCUT2D eigenvalue weighted by Gasteiger charge is 2.40. The average Bonchev–Trinajstić information content (AvgIpc) is 3.16. The van der Waals surface area contributed by atoms with Crippen molar-refractivity contribution in [2.45, 2.75) is 38.0 Å². The van der Waals surface area contributed by atoms with E-state index in [-0.39, 0.29) is 5.24 Å². The van der Waals surface area contributed by atoms with E-state index in [0.29, 0.717) is 17.8 Å². The summed E-state index contributed by atoms with van der Waals surface area (Å²) in [6.45, 7) is 3.27. The van der Waals surface area contributed by atoms with Crippen molar-refractivity contribution in [3.63, 3.8) is 0 Å². The second-order valence-corrected chi connectivity index (χ2v) is 8.21. The summed E-state index contributed by atoms with van der Waals surface area (Å²) in [4.78, 5) is 25.8. The number of fused-ring (bicyclic) bond motifs is 3. The summed E-state index contributed by atoms with van der Waals surface area (Å²) < 4.78 is 5.77. The van der Waals surface area contributed by atoms with E-state index in [1.54, 1.807) is 0 Å². The lowest BCUT2D eigenvalue weighted by atomic mass is 10.1. The van der Waals surface area contributed by atoms with Crippen LogP contribution >= 0.6 is 12.6 Å². The summed E-state index contributed by atoms with van der Waals surface area (Å²) >= 11 is 3.76. The fraction of sp³-hybridized carbons (Fsp3) is 0.450. The summed E-state index contributed by atoms with van der Waals surface area (Å²) in [5.74, 6) is 1.81. The fourth-order valence-electron chi connectivity index (χ4n) is 4.53. The zero-order valence-electron chi connectivity index (χ0n) is 15.8. The number of amides is 1. The van der Waals surface area contributed by atoms with Crippen LogP contribution in [0.5, 0.6) is 0 Å². The minimum atomic E-state index is -0.380. The maximum absolute atomic E-state index is 11.1. The molecule has 3 aliphatic heterocycles. The van der Waals surface area contributed by atoms with Gasteiger partial charge < -0.3 is 15.0 Å². The van der Waals surface area contributed by atoms with Gasteiger partial charge in [-0.05, 0) is 44.2 Å². The maximum Gasteiger partial charge on any atom is 0.280 e. The molecule has 8 heteroatoms. The number of nitrogens with zero attached hydrogens (tertiary/aromatic N) is 4. The summed E-state index contributed by atoms with van der Waals surface area (Å²) in [6.07, 6.45) is 2.32. The van der Waals surface area contributed by atoms with Crippen molar-refractivity contribution in [3.05, 3.63) is 35.5 Å². The van der Waals surface area contributed by atoms with E-state index in [1.165, 1.54) is 5.56 Å². The SMILES string of the molecule is CN1Cc2nc(-c3ccc(NC(=O)S)cc3)nc(N3C4CCC3COC4)c2C1. The molecule has 1 N–H and O–H groups in total. The number of hydrogen-bond acceptors (Lipinski definition) is 6. The van der Waals surface area contributed by atoms with Crippen LogP contribution in [0.15, 0.2) is 24.3 Å². The van der Waals surface area contributed by atoms with Gasteiger partial charge in [-0.25, -0.2) is 9.97 Å². The highest BCUT2D eigenvalue weighted by atomic mass is 32.1. The van der Waals surface area contributed by atoms with Crippen LogP contribution < -0.4 is 10.2 Å². The van der Waals surface area contributed by atoms with Crippen LogP contribution in [0, 0.1) is 0 Å². The van der Waals surface area contributed by atoms with E-state index >= 15 is 0 Å². The highest BCUT2D eigenvalue weighted by molar-refractivity contribution is 7.96. The van der Waals surface area contributed by atoms with Crippen molar-refractivity contribution < 1.29 is 9.53 Å². The zero-order valence-corrected chi connectivity index (χ0v) is 16.7. The monoisotopic (exact) mass is 397 g/mol. The third-order valence-corrected chi connectivity index (χ3v) is 5.91. The van der Waals surface area contributed by atoms with Crippen LogP contribution in [0.1, 0.15) is 24.1 Å². The quantitative estimate of drug-likeness (QED) is 0.776. The Morgan fingerprint density at radius 2 is 1.86 bits per heavy atom. The molecule has 2 aromatic rings. The molecule has 4 heterocycles. The summed E-state index contributed by atoms with van der Waals surface area (Å²) in [5, 5.41) is 2.29. The molecule has 1 aromatic heterocycles. The van der Waals surface area contributed by atoms with E-state index in [1.807, 2.05) is 24.3 Å². The molecule has 7 nitrogen and oxygen atoms in total. The third kappa shape index (κ3) is 3.15. The molecule has 28 heavy (non-hydrogen) atoms. The van der Waals surface area contributed by atoms with Gasteiger partial charge in [0.05, 0.1) is 31.0 Å². The number of benzene rings is 1. The molecule has 3 aliphatic rings. The molecule has 2 saturated heterocycles. The Balaban J connectivity index is 1.55. The molecular formula is C20H23N5O2S. The lowest BCUT2D eigenvalue weighted by molar-refractivity contribution is 0.0901. The molecule has 2 unspecified atom stereocenters. The number of nitrogens with one attached hydrogen (secondary N) is 1. The number of hydrogen-bond donors (Lipinski definition) is 2. The second-order valence-electron chi connectivity index (χ2n) is 7.81. The van der Waals surface area contributed by atoms with E-state index < -0.39 is 0 Å². The van der Waals surface area contributed by atoms with E-state index in [0.717, 1.165) is 62.0 Å². The minimum Gasteiger partial charge on any atom is -0.377 e. The fourth-order valence-corrected chi connectivity index (χ4v) is 4.66. The number of rotatable bonds is 3. The molecule has 0 aliphatic carbocycles. The van der Waals surface area contributed by atoms with Gasteiger partial charge in [-0.1, -0.05) is 12.6 Å². The maximum atomic E-state index is 11.1. The first-order valence-electron chi connectivity index (χ1n) is 9.63. The average molecular weight is 398 g/mol. The van der Waals surface area contributed by atoms with Gasteiger partial charge in [0.1, 0.15) is 5.82 Å². The Hall–Kier alpha value is -2.16. The molecule has 0 spiro atoms. The molecule has 2 fully saturated rings. The lowest BCUT2D eigenvalue weighted by Gasteiger charge is -2.36. The van der Waals surface area contributed by atoms with Gasteiger partial charge in [0.25, 0.3) is 5.24 Å². The van der Waals surface area contributed by atoms with Crippen LogP contribution in [0.4, 0.5) is 16.3 Å². The summed E-state index contributed by atoms with van der Waals surface area (Å²) in [6, 6.07) is 8.40. The van der Waals surface area contributed by atoms with E-state index in [9.17, 15) is 4.79 Å². The number of thiol groups is 1. The summed E-state index contributed by atoms with van der Waals surface area (Å²) in [5.41, 5.74) is 4.01. The number of carbonyl (C=O) groups excluding carboxylic acids is 1. The van der Waals surface area contributed by atoms with Crippen molar-refractivity contribution in [1.29, 1.82) is 0 Å². The number of carbonyl (C=O) groups is 1. The Bertz CT molecular complexity index is 904. The van der Waals surface area contributed by atoms with Gasteiger partial charge in [0.15, 0.2) is 5.82 Å². The summed E-state index contributed by atoms with van der Waals surface area (Å²) in [7, 11) is 2.12. The molecule has 1 aromatic carbocycles. The second kappa shape index (κ2) is 7.02. The minimum absolute atomic E-state index is 0.380. The van der Waals surface area contributed by atoms with Gasteiger partial charge in [-0.15, -0.1) is 0 Å². The number of morpholine rings is 1. The molecule has 2 bridgehead atoms. The van der Waals surface area contributed by atoms with Crippen LogP contribution in [0.25, 0.3) is 11.4 Å². The van der Waals surface area contributed by atoms with Gasteiger partial charge in [0.2, 0.25) is 0 Å². The zero-order chi connectivity index (χ0) is 19.3. The van der Waals surface area contributed by atoms with Crippen molar-refractivity contribution in [2.75, 3.05) is 30.5 Å². The number of anilines is 2. The molecular weight excluding hydrogens is 374 g/mol. The van der Waals surface area contributed by atoms with Crippen LogP contribution in [0.3, 0.4) is 0 Å². The Morgan fingerprint density at radius 3 is 2.54 bits per heavy atom. The topological polar surface area (TPSA) is 70.6 Å². The number of aromatic nitrogens is 2. The van der Waals surface area contributed by atoms with Crippen molar-refractivity contribution in [3.8, 4) is 11.4 Å². The van der Waals surface area contributed by atoms with Crippen LogP contribution in [-0.2, 0) is 17.8 Å². The third-order valence-electron chi connectivity index (χ3n) is 5.80. The van der Waals surface area contributed by atoms with Gasteiger partial charge in [-0.2, -0.15) is 0 Å². The standard InChI is InChI=1S/C20H23N5O2S/c1-24-8-16-17(9-24)22-18(12-2-4-13(5-3-12)21-20(26)28)23-19(16)25-14-6-7-15(25)11-27-10-14/h2-5,14-15H,6-11H2,1H3,(H2,21,26,28). The Kier molecular flexibility index (Phi) is 4.49. The predicted molar refractivity (Wildman–Crippen MR) is 111 cm³/mol. The molecule has 5 rings (SSSR count). The predicted octanol–water partition coefficient (Wildman–Crippen LogP) is 2.92. The molecule has 146 valence electrons. The number of ether oxygens (including phenoxy) is 1. The van der Waals surface area contributed by atoms with Crippen LogP contribution in [-0.4, -0.2) is 52.5 Å². The lowest BCUT2D eigenvalue weighted by Crippen LogP contribution is -2.47. The normalized spacial score (nSPS) is 23.7. The largest absolute Gasteiger partial charge is 0.377 e. The van der Waals surface area contributed by atoms with E-state index in [2.05, 4.69) is 34.8 Å². The molecule has 2 atom stereocenters. The first-order chi connectivity index (χ1) is 13.6. The van der Waals surface area contributed by atoms with Crippen molar-refractivity contribution >= 4 is 29.4 Å². The highest BCUT2D eigenvalue weighted by Crippen LogP contribution is 2.38. The van der Waals surface area contributed by atoms with Crippen molar-refractivity contribution in [1.82, 2.24) is 14.9 Å². The Morgan fingerprint density at radius 1 is 1.14 bits per heavy atom. The van der Waals surface area contributed by atoms with E-state index in [4.69, 9.17) is 14.7 Å². The smallest absolute Gasteiger partial charge is 0.280 e. The molecule has 1 amide bonds. The van der Waals surface area contributed by atoms with Gasteiger partial charge in [0, 0.05) is 29.9 Å². The molecule has 0 saturated carbocycles.